The van der Waals surface area contributed by atoms with Crippen LogP contribution in [0.25, 0.3) is 22.6 Å². The highest BCUT2D eigenvalue weighted by Crippen LogP contribution is 2.28. The maximum absolute atomic E-state index is 11.7. The van der Waals surface area contributed by atoms with Crippen molar-refractivity contribution in [1.82, 2.24) is 10.3 Å². The number of hydrogen-bond acceptors (Lipinski definition) is 4. The third kappa shape index (κ3) is 3.91. The zero-order chi connectivity index (χ0) is 18.8. The van der Waals surface area contributed by atoms with Gasteiger partial charge in [0.2, 0.25) is 11.8 Å². The van der Waals surface area contributed by atoms with Gasteiger partial charge in [-0.25, -0.2) is 4.98 Å². The van der Waals surface area contributed by atoms with Crippen LogP contribution in [0.15, 0.2) is 40.8 Å². The number of aromatic nitrogens is 1. The lowest BCUT2D eigenvalue weighted by Crippen LogP contribution is -2.36. The van der Waals surface area contributed by atoms with Crippen molar-refractivity contribution in [3.05, 3.63) is 47.5 Å². The molecule has 5 nitrogen and oxygen atoms in total. The Hall–Kier alpha value is -2.73. The van der Waals surface area contributed by atoms with Gasteiger partial charge in [-0.05, 0) is 67.5 Å². The molecular weight excluding hydrogens is 346 g/mol. The van der Waals surface area contributed by atoms with Crippen LogP contribution < -0.4 is 10.6 Å². The van der Waals surface area contributed by atoms with E-state index in [0.717, 1.165) is 33.5 Å². The fourth-order valence-electron chi connectivity index (χ4n) is 2.61. The number of fused-ring (bicyclic) bond motifs is 1. The Labute approximate surface area is 157 Å². The number of rotatable bonds is 3. The van der Waals surface area contributed by atoms with Gasteiger partial charge in [0.15, 0.2) is 10.7 Å². The van der Waals surface area contributed by atoms with Crippen LogP contribution in [0.5, 0.6) is 0 Å². The summed E-state index contributed by atoms with van der Waals surface area (Å²) in [6, 6.07) is 11.6. The van der Waals surface area contributed by atoms with Crippen molar-refractivity contribution < 1.29 is 9.21 Å². The zero-order valence-corrected chi connectivity index (χ0v) is 16.0. The minimum absolute atomic E-state index is 0.115. The molecule has 0 atom stereocenters. The number of amides is 1. The normalized spacial score (nSPS) is 11.0. The summed E-state index contributed by atoms with van der Waals surface area (Å²) in [6.45, 7) is 7.69. The average Bonchev–Trinajstić information content (AvgIpc) is 2.99. The van der Waals surface area contributed by atoms with Crippen LogP contribution in [0.2, 0.25) is 0 Å². The molecule has 2 N–H and O–H groups in total. The van der Waals surface area contributed by atoms with Gasteiger partial charge in [0.25, 0.3) is 0 Å². The third-order valence-electron chi connectivity index (χ3n) is 3.97. The number of benzene rings is 2. The number of carbonyl (C=O) groups is 1. The van der Waals surface area contributed by atoms with E-state index in [1.54, 1.807) is 0 Å². The summed E-state index contributed by atoms with van der Waals surface area (Å²) in [7, 11) is 0. The Morgan fingerprint density at radius 2 is 1.85 bits per heavy atom. The van der Waals surface area contributed by atoms with Crippen LogP contribution in [0, 0.1) is 19.8 Å². The first-order chi connectivity index (χ1) is 12.3. The van der Waals surface area contributed by atoms with Gasteiger partial charge in [-0.2, -0.15) is 0 Å². The lowest BCUT2D eigenvalue weighted by molar-refractivity contribution is -0.122. The maximum atomic E-state index is 11.7. The highest BCUT2D eigenvalue weighted by Gasteiger charge is 2.12. The van der Waals surface area contributed by atoms with Gasteiger partial charge in [-0.3, -0.25) is 4.79 Å². The third-order valence-corrected chi connectivity index (χ3v) is 4.18. The number of nitrogens with one attached hydrogen (secondary N) is 2. The number of hydrogen-bond donors (Lipinski definition) is 2. The summed E-state index contributed by atoms with van der Waals surface area (Å²) < 4.78 is 5.93. The summed E-state index contributed by atoms with van der Waals surface area (Å²) in [5, 5.41) is 5.93. The van der Waals surface area contributed by atoms with E-state index in [0.29, 0.717) is 5.89 Å². The van der Waals surface area contributed by atoms with Crippen LogP contribution in [-0.4, -0.2) is 16.0 Å². The molecule has 134 valence electrons. The SMILES string of the molecule is Cc1cc(C)c2oc(-c3ccc(NC(=S)NC(=O)C(C)C)cc3)nc2c1. The largest absolute Gasteiger partial charge is 0.436 e. The monoisotopic (exact) mass is 367 g/mol. The predicted octanol–water partition coefficient (Wildman–Crippen LogP) is 4.58. The quantitative estimate of drug-likeness (QED) is 0.663. The van der Waals surface area contributed by atoms with E-state index in [4.69, 9.17) is 16.6 Å². The first-order valence-corrected chi connectivity index (χ1v) is 8.84. The molecule has 0 saturated carbocycles. The molecule has 6 heteroatoms. The summed E-state index contributed by atoms with van der Waals surface area (Å²) in [6.07, 6.45) is 0. The molecule has 0 aliphatic carbocycles. The number of nitrogens with zero attached hydrogens (tertiary/aromatic N) is 1. The van der Waals surface area contributed by atoms with E-state index in [1.807, 2.05) is 58.0 Å². The molecule has 1 amide bonds. The molecule has 0 unspecified atom stereocenters. The molecule has 0 aliphatic rings. The number of aryl methyl sites for hydroxylation is 2. The fraction of sp³-hybridized carbons (Fsp3) is 0.250. The molecule has 1 aromatic heterocycles. The minimum Gasteiger partial charge on any atom is -0.436 e. The van der Waals surface area contributed by atoms with Gasteiger partial charge in [0.1, 0.15) is 5.52 Å². The number of thiocarbonyl (C=S) groups is 1. The molecule has 0 fully saturated rings. The van der Waals surface area contributed by atoms with E-state index in [1.165, 1.54) is 0 Å². The van der Waals surface area contributed by atoms with Gasteiger partial charge in [-0.1, -0.05) is 19.9 Å². The molecule has 0 spiro atoms. The van der Waals surface area contributed by atoms with Crippen molar-refractivity contribution in [3.63, 3.8) is 0 Å². The Kier molecular flexibility index (Phi) is 5.04. The molecule has 26 heavy (non-hydrogen) atoms. The zero-order valence-electron chi connectivity index (χ0n) is 15.2. The molecule has 0 bridgehead atoms. The number of anilines is 1. The minimum atomic E-state index is -0.122. The number of carbonyl (C=O) groups excluding carboxylic acids is 1. The van der Waals surface area contributed by atoms with Crippen LogP contribution in [0.4, 0.5) is 5.69 Å². The topological polar surface area (TPSA) is 67.2 Å². The van der Waals surface area contributed by atoms with Gasteiger partial charge in [0.05, 0.1) is 0 Å². The van der Waals surface area contributed by atoms with Gasteiger partial charge in [0, 0.05) is 17.2 Å². The molecule has 3 rings (SSSR count). The van der Waals surface area contributed by atoms with Crippen molar-refractivity contribution in [2.24, 2.45) is 5.92 Å². The Morgan fingerprint density at radius 1 is 1.15 bits per heavy atom. The van der Waals surface area contributed by atoms with E-state index in [9.17, 15) is 4.79 Å². The lowest BCUT2D eigenvalue weighted by atomic mass is 10.1. The highest BCUT2D eigenvalue weighted by atomic mass is 32.1. The Morgan fingerprint density at radius 3 is 2.50 bits per heavy atom. The van der Waals surface area contributed by atoms with Crippen molar-refractivity contribution in [1.29, 1.82) is 0 Å². The first-order valence-electron chi connectivity index (χ1n) is 8.43. The van der Waals surface area contributed by atoms with E-state index in [2.05, 4.69) is 21.7 Å². The van der Waals surface area contributed by atoms with Crippen LogP contribution in [-0.2, 0) is 4.79 Å². The second kappa shape index (κ2) is 7.25. The van der Waals surface area contributed by atoms with Gasteiger partial charge in [-0.15, -0.1) is 0 Å². The maximum Gasteiger partial charge on any atom is 0.228 e. The summed E-state index contributed by atoms with van der Waals surface area (Å²) in [5.41, 5.74) is 5.56. The van der Waals surface area contributed by atoms with Crippen molar-refractivity contribution in [3.8, 4) is 11.5 Å². The highest BCUT2D eigenvalue weighted by molar-refractivity contribution is 7.80. The molecule has 2 aromatic carbocycles. The summed E-state index contributed by atoms with van der Waals surface area (Å²) in [4.78, 5) is 16.2. The van der Waals surface area contributed by atoms with Crippen molar-refractivity contribution >= 4 is 40.0 Å². The molecule has 0 radical (unpaired) electrons. The van der Waals surface area contributed by atoms with Crippen molar-refractivity contribution in [2.75, 3.05) is 5.32 Å². The molecule has 0 aliphatic heterocycles. The van der Waals surface area contributed by atoms with Crippen LogP contribution >= 0.6 is 12.2 Å². The van der Waals surface area contributed by atoms with E-state index >= 15 is 0 Å². The average molecular weight is 367 g/mol. The molecular formula is C20H21N3O2S. The Bertz CT molecular complexity index is 975. The predicted molar refractivity (Wildman–Crippen MR) is 108 cm³/mol. The van der Waals surface area contributed by atoms with Crippen LogP contribution in [0.3, 0.4) is 0 Å². The van der Waals surface area contributed by atoms with Gasteiger partial charge < -0.3 is 15.1 Å². The summed E-state index contributed by atoms with van der Waals surface area (Å²) >= 11 is 5.15. The molecule has 0 saturated heterocycles. The summed E-state index contributed by atoms with van der Waals surface area (Å²) in [5.74, 6) is 0.343. The van der Waals surface area contributed by atoms with Gasteiger partial charge >= 0.3 is 0 Å². The molecule has 3 aromatic rings. The fourth-order valence-corrected chi connectivity index (χ4v) is 2.83. The van der Waals surface area contributed by atoms with Crippen molar-refractivity contribution in [2.45, 2.75) is 27.7 Å². The second-order valence-electron chi connectivity index (χ2n) is 6.62. The smallest absolute Gasteiger partial charge is 0.228 e. The van der Waals surface area contributed by atoms with E-state index in [-0.39, 0.29) is 16.9 Å². The second-order valence-corrected chi connectivity index (χ2v) is 7.03. The Balaban J connectivity index is 1.76. The standard InChI is InChI=1S/C20H21N3O2S/c1-11(2)18(24)23-20(26)21-15-7-5-14(6-8-15)19-22-16-10-12(3)9-13(4)17(16)25-19/h5-11H,1-4H3,(H2,21,23,24,26). The van der Waals surface area contributed by atoms with Crippen LogP contribution in [0.1, 0.15) is 25.0 Å². The first kappa shape index (κ1) is 18.1. The molecule has 1 heterocycles. The lowest BCUT2D eigenvalue weighted by Gasteiger charge is -2.11. The number of oxazole rings is 1. The van der Waals surface area contributed by atoms with E-state index < -0.39 is 0 Å².